The molecule has 0 bridgehead atoms. The van der Waals surface area contributed by atoms with Crippen molar-refractivity contribution in [2.24, 2.45) is 0 Å². The van der Waals surface area contributed by atoms with E-state index in [9.17, 15) is 9.59 Å². The summed E-state index contributed by atoms with van der Waals surface area (Å²) in [6.07, 6.45) is 1.84. The van der Waals surface area contributed by atoms with E-state index in [0.29, 0.717) is 22.6 Å². The van der Waals surface area contributed by atoms with Crippen LogP contribution in [0, 0.1) is 0 Å². The number of esters is 1. The molecule has 6 nitrogen and oxygen atoms in total. The second-order valence-corrected chi connectivity index (χ2v) is 8.70. The van der Waals surface area contributed by atoms with Gasteiger partial charge in [0.1, 0.15) is 23.0 Å². The summed E-state index contributed by atoms with van der Waals surface area (Å²) in [4.78, 5) is 25.9. The Morgan fingerprint density at radius 1 is 0.833 bits per heavy atom. The molecule has 0 unspecified atom stereocenters. The van der Waals surface area contributed by atoms with Crippen LogP contribution in [0.15, 0.2) is 78.6 Å². The number of ketones is 1. The van der Waals surface area contributed by atoms with Gasteiger partial charge in [0, 0.05) is 16.9 Å². The minimum atomic E-state index is -0.347. The van der Waals surface area contributed by atoms with Crippen LogP contribution in [0.25, 0.3) is 16.8 Å². The van der Waals surface area contributed by atoms with Crippen LogP contribution in [0.5, 0.6) is 23.0 Å². The van der Waals surface area contributed by atoms with Crippen LogP contribution >= 0.6 is 0 Å². The Kier molecular flexibility index (Phi) is 5.22. The maximum absolute atomic E-state index is 13.3. The van der Waals surface area contributed by atoms with Crippen LogP contribution in [-0.2, 0) is 4.79 Å². The Bertz CT molecular complexity index is 1560. The van der Waals surface area contributed by atoms with Crippen LogP contribution in [0.1, 0.15) is 39.4 Å². The highest BCUT2D eigenvalue weighted by Crippen LogP contribution is 2.50. The van der Waals surface area contributed by atoms with Crippen molar-refractivity contribution in [3.05, 3.63) is 101 Å². The molecule has 4 aromatic rings. The van der Waals surface area contributed by atoms with Crippen molar-refractivity contribution in [3.8, 4) is 23.0 Å². The predicted molar refractivity (Wildman–Crippen MR) is 135 cm³/mol. The second-order valence-electron chi connectivity index (χ2n) is 8.70. The zero-order valence-corrected chi connectivity index (χ0v) is 19.7. The Morgan fingerprint density at radius 2 is 1.61 bits per heavy atom. The molecule has 2 aliphatic heterocycles. The molecule has 0 saturated carbocycles. The van der Waals surface area contributed by atoms with Gasteiger partial charge in [-0.3, -0.25) is 9.59 Å². The van der Waals surface area contributed by atoms with Crippen molar-refractivity contribution >= 4 is 28.6 Å². The summed E-state index contributed by atoms with van der Waals surface area (Å²) >= 11 is 0. The summed E-state index contributed by atoms with van der Waals surface area (Å²) in [6.45, 7) is 0. The molecule has 2 heterocycles. The van der Waals surface area contributed by atoms with Gasteiger partial charge in [0.15, 0.2) is 5.76 Å². The number of hydrogen-bond acceptors (Lipinski definition) is 6. The van der Waals surface area contributed by atoms with E-state index in [2.05, 4.69) is 0 Å². The molecular weight excluding hydrogens is 456 g/mol. The number of fused-ring (bicyclic) bond motifs is 4. The fourth-order valence-corrected chi connectivity index (χ4v) is 5.00. The topological polar surface area (TPSA) is 71.1 Å². The highest BCUT2D eigenvalue weighted by atomic mass is 16.5. The van der Waals surface area contributed by atoms with Gasteiger partial charge in [-0.2, -0.15) is 0 Å². The molecule has 2 aliphatic rings. The number of benzene rings is 4. The van der Waals surface area contributed by atoms with Gasteiger partial charge in [-0.05, 0) is 52.9 Å². The zero-order valence-electron chi connectivity index (χ0n) is 19.7. The fraction of sp³-hybridized carbons (Fsp3) is 0.133. The number of rotatable bonds is 4. The highest BCUT2D eigenvalue weighted by molar-refractivity contribution is 6.15. The molecule has 0 radical (unpaired) electrons. The maximum atomic E-state index is 13.3. The Labute approximate surface area is 207 Å². The highest BCUT2D eigenvalue weighted by Gasteiger charge is 2.39. The molecule has 1 atom stereocenters. The van der Waals surface area contributed by atoms with E-state index in [0.717, 1.165) is 33.4 Å². The molecule has 6 heteroatoms. The van der Waals surface area contributed by atoms with E-state index < -0.39 is 0 Å². The standard InChI is InChI=1S/C30H22O6/c1-33-18-9-7-17(8-10-18)15-26-29(32)22-12-14-25-28(30(22)36-26)23(16-27(31)35-25)20-11-13-24(34-2)21-6-4-3-5-19(20)21/h3-15,23H,16H2,1-2H3/b26-15-/t23-/m0/s1. The molecule has 0 amide bonds. The van der Waals surface area contributed by atoms with E-state index in [1.165, 1.54) is 0 Å². The molecule has 36 heavy (non-hydrogen) atoms. The normalized spacial score (nSPS) is 17.4. The van der Waals surface area contributed by atoms with Crippen molar-refractivity contribution in [1.29, 1.82) is 0 Å². The van der Waals surface area contributed by atoms with Gasteiger partial charge < -0.3 is 18.9 Å². The number of carbonyl (C=O) groups excluding carboxylic acids is 2. The first-order valence-electron chi connectivity index (χ1n) is 11.6. The van der Waals surface area contributed by atoms with Gasteiger partial charge in [0.25, 0.3) is 0 Å². The first kappa shape index (κ1) is 21.9. The van der Waals surface area contributed by atoms with Gasteiger partial charge in [-0.25, -0.2) is 0 Å². The molecule has 0 saturated heterocycles. The summed E-state index contributed by atoms with van der Waals surface area (Å²) in [6, 6.07) is 22.5. The molecule has 6 rings (SSSR count). The van der Waals surface area contributed by atoms with Gasteiger partial charge in [-0.15, -0.1) is 0 Å². The second kappa shape index (κ2) is 8.57. The zero-order chi connectivity index (χ0) is 24.8. The number of Topliss-reactive ketones (excluding diaryl/α,β-unsaturated/α-hetero) is 1. The molecular formula is C30H22O6. The van der Waals surface area contributed by atoms with Crippen LogP contribution in [0.2, 0.25) is 0 Å². The lowest BCUT2D eigenvalue weighted by atomic mass is 9.82. The summed E-state index contributed by atoms with van der Waals surface area (Å²) < 4.78 is 22.5. The van der Waals surface area contributed by atoms with E-state index in [4.69, 9.17) is 18.9 Å². The van der Waals surface area contributed by atoms with Crippen molar-refractivity contribution in [2.75, 3.05) is 14.2 Å². The first-order chi connectivity index (χ1) is 17.6. The summed E-state index contributed by atoms with van der Waals surface area (Å²) in [5, 5.41) is 1.92. The third-order valence-electron chi connectivity index (χ3n) is 6.71. The Balaban J connectivity index is 1.48. The predicted octanol–water partition coefficient (Wildman–Crippen LogP) is 5.91. The number of carbonyl (C=O) groups is 2. The van der Waals surface area contributed by atoms with Crippen molar-refractivity contribution in [3.63, 3.8) is 0 Å². The van der Waals surface area contributed by atoms with Crippen molar-refractivity contribution in [1.82, 2.24) is 0 Å². The average Bonchev–Trinajstić information content (AvgIpc) is 3.22. The third kappa shape index (κ3) is 3.50. The quantitative estimate of drug-likeness (QED) is 0.206. The molecule has 0 N–H and O–H groups in total. The van der Waals surface area contributed by atoms with Gasteiger partial charge in [-0.1, -0.05) is 42.5 Å². The minimum Gasteiger partial charge on any atom is -0.497 e. The number of allylic oxidation sites excluding steroid dienone is 1. The van der Waals surface area contributed by atoms with E-state index in [1.807, 2.05) is 60.7 Å². The van der Waals surface area contributed by atoms with E-state index >= 15 is 0 Å². The molecule has 4 aromatic carbocycles. The molecule has 0 aromatic heterocycles. The SMILES string of the molecule is COc1ccc(/C=C2\Oc3c(ccc4c3[C@H](c3ccc(OC)c5ccccc35)CC(=O)O4)C2=O)cc1. The van der Waals surface area contributed by atoms with Crippen LogP contribution < -0.4 is 18.9 Å². The third-order valence-corrected chi connectivity index (χ3v) is 6.71. The number of hydrogen-bond donors (Lipinski definition) is 0. The van der Waals surface area contributed by atoms with Crippen LogP contribution in [-0.4, -0.2) is 26.0 Å². The average molecular weight is 479 g/mol. The maximum Gasteiger partial charge on any atom is 0.312 e. The van der Waals surface area contributed by atoms with Crippen LogP contribution in [0.4, 0.5) is 0 Å². The first-order valence-corrected chi connectivity index (χ1v) is 11.6. The molecule has 0 spiro atoms. The van der Waals surface area contributed by atoms with Crippen molar-refractivity contribution in [2.45, 2.75) is 12.3 Å². The van der Waals surface area contributed by atoms with Crippen molar-refractivity contribution < 1.29 is 28.5 Å². The molecule has 0 aliphatic carbocycles. The largest absolute Gasteiger partial charge is 0.497 e. The fourth-order valence-electron chi connectivity index (χ4n) is 5.00. The van der Waals surface area contributed by atoms with Gasteiger partial charge >= 0.3 is 5.97 Å². The Hall–Kier alpha value is -4.58. The summed E-state index contributed by atoms with van der Waals surface area (Å²) in [5.41, 5.74) is 2.91. The van der Waals surface area contributed by atoms with E-state index in [1.54, 1.807) is 32.4 Å². The Morgan fingerprint density at radius 3 is 2.36 bits per heavy atom. The van der Waals surface area contributed by atoms with Crippen LogP contribution in [0.3, 0.4) is 0 Å². The summed E-state index contributed by atoms with van der Waals surface area (Å²) in [7, 11) is 3.24. The number of ether oxygens (including phenoxy) is 4. The number of methoxy groups -OCH3 is 2. The van der Waals surface area contributed by atoms with Gasteiger partial charge in [0.05, 0.1) is 26.2 Å². The lowest BCUT2D eigenvalue weighted by Crippen LogP contribution is -2.21. The minimum absolute atomic E-state index is 0.134. The van der Waals surface area contributed by atoms with E-state index in [-0.39, 0.29) is 29.9 Å². The molecule has 178 valence electrons. The lowest BCUT2D eigenvalue weighted by Gasteiger charge is -2.27. The molecule has 0 fully saturated rings. The smallest absolute Gasteiger partial charge is 0.312 e. The van der Waals surface area contributed by atoms with Gasteiger partial charge in [0.2, 0.25) is 5.78 Å². The lowest BCUT2D eigenvalue weighted by molar-refractivity contribution is -0.135. The monoisotopic (exact) mass is 478 g/mol. The summed E-state index contributed by atoms with van der Waals surface area (Å²) in [5.74, 6) is 1.67.